The summed E-state index contributed by atoms with van der Waals surface area (Å²) >= 11 is 8.85. The van der Waals surface area contributed by atoms with Crippen LogP contribution >= 0.6 is 27.5 Å². The van der Waals surface area contributed by atoms with Crippen LogP contribution in [0.5, 0.6) is 0 Å². The van der Waals surface area contributed by atoms with Crippen LogP contribution in [-0.4, -0.2) is 11.0 Å². The number of hydrogen-bond donors (Lipinski definition) is 2. The molecule has 0 bridgehead atoms. The Bertz CT molecular complexity index is 343. The minimum absolute atomic E-state index is 0.375. The number of aliphatic hydroxyl groups is 1. The molecule has 1 rings (SSSR count). The average Bonchev–Trinajstić information content (AvgIpc) is 2.08. The number of carbonyl (C=O) groups excluding carboxylic acids is 1. The van der Waals surface area contributed by atoms with E-state index in [2.05, 4.69) is 15.9 Å². The standard InChI is InChI=1S/C8H7BrClNO2/c9-6-2-1-4(10)3-5(6)7(12)8(11)13/h1-3,7,12H,(H2,11,13). The second-order valence-electron chi connectivity index (χ2n) is 2.47. The minimum atomic E-state index is -1.33. The van der Waals surface area contributed by atoms with Gasteiger partial charge < -0.3 is 10.8 Å². The van der Waals surface area contributed by atoms with E-state index in [1.54, 1.807) is 12.1 Å². The normalized spacial score (nSPS) is 12.5. The molecule has 1 aromatic rings. The largest absolute Gasteiger partial charge is 0.378 e. The van der Waals surface area contributed by atoms with Crippen molar-refractivity contribution in [3.63, 3.8) is 0 Å². The molecule has 0 heterocycles. The zero-order valence-corrected chi connectivity index (χ0v) is 8.84. The zero-order chi connectivity index (χ0) is 10.0. The second-order valence-corrected chi connectivity index (χ2v) is 3.76. The third kappa shape index (κ3) is 2.43. The van der Waals surface area contributed by atoms with E-state index in [0.29, 0.717) is 15.1 Å². The van der Waals surface area contributed by atoms with Gasteiger partial charge in [0.15, 0.2) is 6.10 Å². The van der Waals surface area contributed by atoms with Gasteiger partial charge in [-0.05, 0) is 18.2 Å². The summed E-state index contributed by atoms with van der Waals surface area (Å²) < 4.78 is 0.600. The molecular formula is C8H7BrClNO2. The van der Waals surface area contributed by atoms with Crippen LogP contribution in [0.3, 0.4) is 0 Å². The SMILES string of the molecule is NC(=O)C(O)c1cc(Cl)ccc1Br. The highest BCUT2D eigenvalue weighted by molar-refractivity contribution is 9.10. The van der Waals surface area contributed by atoms with Crippen molar-refractivity contribution in [3.8, 4) is 0 Å². The first-order chi connectivity index (χ1) is 6.02. The molecule has 5 heteroatoms. The van der Waals surface area contributed by atoms with Gasteiger partial charge in [0.2, 0.25) is 0 Å². The fraction of sp³-hybridized carbons (Fsp3) is 0.125. The fourth-order valence-electron chi connectivity index (χ4n) is 0.877. The molecule has 3 nitrogen and oxygen atoms in total. The lowest BCUT2D eigenvalue weighted by Crippen LogP contribution is -2.21. The molecule has 0 saturated carbocycles. The monoisotopic (exact) mass is 263 g/mol. The summed E-state index contributed by atoms with van der Waals surface area (Å²) in [6.07, 6.45) is -1.33. The van der Waals surface area contributed by atoms with E-state index in [0.717, 1.165) is 0 Å². The number of carbonyl (C=O) groups is 1. The number of hydrogen-bond acceptors (Lipinski definition) is 2. The van der Waals surface area contributed by atoms with Gasteiger partial charge in [0, 0.05) is 15.1 Å². The molecule has 0 aliphatic rings. The smallest absolute Gasteiger partial charge is 0.250 e. The topological polar surface area (TPSA) is 63.3 Å². The average molecular weight is 265 g/mol. The van der Waals surface area contributed by atoms with E-state index in [1.165, 1.54) is 6.07 Å². The maximum Gasteiger partial charge on any atom is 0.250 e. The molecule has 0 fully saturated rings. The highest BCUT2D eigenvalue weighted by Gasteiger charge is 2.16. The summed E-state index contributed by atoms with van der Waals surface area (Å²) in [5.74, 6) is -0.803. The number of nitrogens with two attached hydrogens (primary N) is 1. The fourth-order valence-corrected chi connectivity index (χ4v) is 1.52. The van der Waals surface area contributed by atoms with E-state index >= 15 is 0 Å². The van der Waals surface area contributed by atoms with Gasteiger partial charge in [-0.15, -0.1) is 0 Å². The molecule has 0 radical (unpaired) electrons. The first kappa shape index (κ1) is 10.5. The Kier molecular flexibility index (Phi) is 3.30. The number of amides is 1. The van der Waals surface area contributed by atoms with E-state index in [9.17, 15) is 9.90 Å². The molecule has 1 amide bonds. The molecule has 0 aliphatic carbocycles. The molecule has 1 atom stereocenters. The summed E-state index contributed by atoms with van der Waals surface area (Å²) in [4.78, 5) is 10.7. The van der Waals surface area contributed by atoms with Crippen LogP contribution in [-0.2, 0) is 4.79 Å². The molecule has 0 aromatic heterocycles. The van der Waals surface area contributed by atoms with E-state index in [1.807, 2.05) is 0 Å². The zero-order valence-electron chi connectivity index (χ0n) is 6.50. The van der Waals surface area contributed by atoms with Crippen molar-refractivity contribution in [1.82, 2.24) is 0 Å². The lowest BCUT2D eigenvalue weighted by atomic mass is 10.1. The molecule has 0 aliphatic heterocycles. The number of halogens is 2. The molecule has 0 spiro atoms. The Morgan fingerprint density at radius 2 is 2.23 bits per heavy atom. The van der Waals surface area contributed by atoms with Gasteiger partial charge >= 0.3 is 0 Å². The summed E-state index contributed by atoms with van der Waals surface area (Å²) in [5.41, 5.74) is 5.31. The maximum atomic E-state index is 10.7. The minimum Gasteiger partial charge on any atom is -0.378 e. The Labute approximate surface area is 88.6 Å². The van der Waals surface area contributed by atoms with Gasteiger partial charge in [-0.2, -0.15) is 0 Å². The Morgan fingerprint density at radius 3 is 2.77 bits per heavy atom. The van der Waals surface area contributed by atoms with Gasteiger partial charge in [-0.1, -0.05) is 27.5 Å². The number of primary amides is 1. The third-order valence-corrected chi connectivity index (χ3v) is 2.48. The maximum absolute atomic E-state index is 10.7. The van der Waals surface area contributed by atoms with Crippen molar-refractivity contribution in [2.24, 2.45) is 5.73 Å². The quantitative estimate of drug-likeness (QED) is 0.852. The van der Waals surface area contributed by atoms with Crippen LogP contribution in [0, 0.1) is 0 Å². The third-order valence-electron chi connectivity index (χ3n) is 1.52. The molecular weight excluding hydrogens is 257 g/mol. The number of rotatable bonds is 2. The molecule has 13 heavy (non-hydrogen) atoms. The van der Waals surface area contributed by atoms with E-state index in [4.69, 9.17) is 17.3 Å². The Hall–Kier alpha value is -0.580. The second kappa shape index (κ2) is 4.09. The predicted molar refractivity (Wildman–Crippen MR) is 53.3 cm³/mol. The van der Waals surface area contributed by atoms with Crippen molar-refractivity contribution < 1.29 is 9.90 Å². The van der Waals surface area contributed by atoms with E-state index in [-0.39, 0.29) is 0 Å². The van der Waals surface area contributed by atoms with Crippen LogP contribution < -0.4 is 5.73 Å². The summed E-state index contributed by atoms with van der Waals surface area (Å²) in [5, 5.41) is 9.78. The van der Waals surface area contributed by atoms with Gasteiger partial charge in [0.25, 0.3) is 5.91 Å². The Morgan fingerprint density at radius 1 is 1.62 bits per heavy atom. The molecule has 70 valence electrons. The van der Waals surface area contributed by atoms with E-state index < -0.39 is 12.0 Å². The first-order valence-electron chi connectivity index (χ1n) is 3.44. The van der Waals surface area contributed by atoms with Gasteiger partial charge in [0.1, 0.15) is 0 Å². The van der Waals surface area contributed by atoms with Crippen LogP contribution in [0.15, 0.2) is 22.7 Å². The molecule has 1 unspecified atom stereocenters. The molecule has 0 saturated heterocycles. The van der Waals surface area contributed by atoms with Gasteiger partial charge in [-0.3, -0.25) is 4.79 Å². The van der Waals surface area contributed by atoms with Crippen molar-refractivity contribution >= 4 is 33.4 Å². The predicted octanol–water partition coefficient (Wildman–Crippen LogP) is 1.62. The number of aliphatic hydroxyl groups excluding tert-OH is 1. The van der Waals surface area contributed by atoms with Crippen LogP contribution in [0.2, 0.25) is 5.02 Å². The highest BCUT2D eigenvalue weighted by atomic mass is 79.9. The summed E-state index contributed by atoms with van der Waals surface area (Å²) in [6.45, 7) is 0. The van der Waals surface area contributed by atoms with Crippen molar-refractivity contribution in [1.29, 1.82) is 0 Å². The Balaban J connectivity index is 3.12. The lowest BCUT2D eigenvalue weighted by molar-refractivity contribution is -0.126. The first-order valence-corrected chi connectivity index (χ1v) is 4.62. The number of benzene rings is 1. The van der Waals surface area contributed by atoms with Crippen molar-refractivity contribution in [3.05, 3.63) is 33.3 Å². The van der Waals surface area contributed by atoms with Crippen molar-refractivity contribution in [2.75, 3.05) is 0 Å². The van der Waals surface area contributed by atoms with Gasteiger partial charge in [-0.25, -0.2) is 0 Å². The lowest BCUT2D eigenvalue weighted by Gasteiger charge is -2.08. The highest BCUT2D eigenvalue weighted by Crippen LogP contribution is 2.26. The van der Waals surface area contributed by atoms with Gasteiger partial charge in [0.05, 0.1) is 0 Å². The summed E-state index contributed by atoms with van der Waals surface area (Å²) in [7, 11) is 0. The molecule has 1 aromatic carbocycles. The van der Waals surface area contributed by atoms with Crippen LogP contribution in [0.1, 0.15) is 11.7 Å². The van der Waals surface area contributed by atoms with Crippen LogP contribution in [0.25, 0.3) is 0 Å². The van der Waals surface area contributed by atoms with Crippen LogP contribution in [0.4, 0.5) is 0 Å². The van der Waals surface area contributed by atoms with Crippen molar-refractivity contribution in [2.45, 2.75) is 6.10 Å². The summed E-state index contributed by atoms with van der Waals surface area (Å²) in [6, 6.07) is 4.77. The molecule has 3 N–H and O–H groups in total.